The van der Waals surface area contributed by atoms with Gasteiger partial charge in [-0.2, -0.15) is 0 Å². The third kappa shape index (κ3) is 4.00. The summed E-state index contributed by atoms with van der Waals surface area (Å²) >= 11 is 0. The van der Waals surface area contributed by atoms with Crippen molar-refractivity contribution in [3.05, 3.63) is 95.6 Å². The molecule has 0 aliphatic rings. The lowest BCUT2D eigenvalue weighted by Crippen LogP contribution is -1.99. The Balaban J connectivity index is 1.61. The largest absolute Gasteiger partial charge is 0.388 e. The van der Waals surface area contributed by atoms with E-state index in [9.17, 15) is 5.11 Å². The Morgan fingerprint density at radius 1 is 0.826 bits per heavy atom. The van der Waals surface area contributed by atoms with Crippen LogP contribution >= 0.6 is 0 Å². The van der Waals surface area contributed by atoms with E-state index in [1.54, 1.807) is 0 Å². The summed E-state index contributed by atoms with van der Waals surface area (Å²) in [6.07, 6.45) is 1.05. The maximum Gasteiger partial charge on any atom is 0.0871 e. The maximum absolute atomic E-state index is 10.3. The van der Waals surface area contributed by atoms with Gasteiger partial charge < -0.3 is 5.11 Å². The average molecular weight is 300 g/mol. The third-order valence-electron chi connectivity index (χ3n) is 4.04. The van der Waals surface area contributed by atoms with E-state index in [0.717, 1.165) is 17.5 Å². The van der Waals surface area contributed by atoms with Crippen LogP contribution in [0.3, 0.4) is 0 Å². The van der Waals surface area contributed by atoms with E-state index < -0.39 is 6.10 Å². The first-order valence-corrected chi connectivity index (χ1v) is 7.95. The Hall–Kier alpha value is -2.56. The Bertz CT molecular complexity index is 727. The molecule has 0 bridgehead atoms. The SMILES string of the molecule is Cc1c#cc(C(O)CCc2ccc(-c3ccccc3)cc2)cc1. The summed E-state index contributed by atoms with van der Waals surface area (Å²) < 4.78 is 0. The van der Waals surface area contributed by atoms with Crippen LogP contribution in [0.15, 0.2) is 66.7 Å². The van der Waals surface area contributed by atoms with Crippen LogP contribution in [-0.4, -0.2) is 5.11 Å². The van der Waals surface area contributed by atoms with Crippen LogP contribution in [0.2, 0.25) is 0 Å². The van der Waals surface area contributed by atoms with Gasteiger partial charge in [-0.25, -0.2) is 0 Å². The molecular formula is C22H20O. The second kappa shape index (κ2) is 7.13. The number of aliphatic hydroxyl groups excluding tert-OH is 1. The van der Waals surface area contributed by atoms with Gasteiger partial charge >= 0.3 is 0 Å². The molecule has 0 saturated heterocycles. The Morgan fingerprint density at radius 2 is 1.52 bits per heavy atom. The molecule has 1 atom stereocenters. The monoisotopic (exact) mass is 300 g/mol. The number of hydrogen-bond acceptors (Lipinski definition) is 1. The first kappa shape index (κ1) is 15.3. The normalized spacial score (nSPS) is 11.7. The summed E-state index contributed by atoms with van der Waals surface area (Å²) in [6.45, 7) is 1.97. The van der Waals surface area contributed by atoms with E-state index in [0.29, 0.717) is 6.42 Å². The molecule has 1 N–H and O–H groups in total. The molecule has 1 unspecified atom stereocenters. The van der Waals surface area contributed by atoms with Crippen molar-refractivity contribution in [1.82, 2.24) is 0 Å². The first-order valence-electron chi connectivity index (χ1n) is 7.95. The number of aryl methyl sites for hydroxylation is 2. The van der Waals surface area contributed by atoms with Crippen molar-refractivity contribution in [2.45, 2.75) is 25.9 Å². The number of hydrogen-bond donors (Lipinski definition) is 1. The highest BCUT2D eigenvalue weighted by Gasteiger charge is 2.07. The van der Waals surface area contributed by atoms with E-state index >= 15 is 0 Å². The highest BCUT2D eigenvalue weighted by molar-refractivity contribution is 5.63. The van der Waals surface area contributed by atoms with Gasteiger partial charge in [-0.3, -0.25) is 0 Å². The van der Waals surface area contributed by atoms with Crippen molar-refractivity contribution in [1.29, 1.82) is 0 Å². The van der Waals surface area contributed by atoms with Crippen LogP contribution < -0.4 is 0 Å². The number of aliphatic hydroxyl groups is 1. The van der Waals surface area contributed by atoms with Crippen molar-refractivity contribution in [2.24, 2.45) is 0 Å². The van der Waals surface area contributed by atoms with E-state index in [-0.39, 0.29) is 0 Å². The fraction of sp³-hybridized carbons (Fsp3) is 0.182. The fourth-order valence-corrected chi connectivity index (χ4v) is 2.62. The summed E-state index contributed by atoms with van der Waals surface area (Å²) in [6, 6.07) is 28.9. The lowest BCUT2D eigenvalue weighted by molar-refractivity contribution is 0.168. The molecule has 0 aliphatic carbocycles. The topological polar surface area (TPSA) is 20.2 Å². The Kier molecular flexibility index (Phi) is 4.76. The van der Waals surface area contributed by atoms with Crippen LogP contribution in [0, 0.1) is 19.1 Å². The molecule has 0 heterocycles. The molecule has 3 rings (SSSR count). The van der Waals surface area contributed by atoms with Gasteiger partial charge in [-0.15, -0.1) is 0 Å². The smallest absolute Gasteiger partial charge is 0.0871 e. The average Bonchev–Trinajstić information content (AvgIpc) is 2.61. The summed E-state index contributed by atoms with van der Waals surface area (Å²) in [5.74, 6) is 0. The predicted octanol–water partition coefficient (Wildman–Crippen LogP) is 4.93. The van der Waals surface area contributed by atoms with Gasteiger partial charge in [-0.05, 0) is 54.2 Å². The molecule has 1 nitrogen and oxygen atoms in total. The molecule has 0 saturated carbocycles. The quantitative estimate of drug-likeness (QED) is 0.708. The highest BCUT2D eigenvalue weighted by atomic mass is 16.3. The van der Waals surface area contributed by atoms with Crippen molar-refractivity contribution in [2.75, 3.05) is 0 Å². The minimum Gasteiger partial charge on any atom is -0.388 e. The summed E-state index contributed by atoms with van der Waals surface area (Å²) in [4.78, 5) is 0. The Morgan fingerprint density at radius 3 is 2.17 bits per heavy atom. The predicted molar refractivity (Wildman–Crippen MR) is 94.0 cm³/mol. The molecule has 0 aromatic heterocycles. The number of benzene rings is 2. The molecular weight excluding hydrogens is 280 g/mol. The summed E-state index contributed by atoms with van der Waals surface area (Å²) in [5.41, 5.74) is 5.54. The lowest BCUT2D eigenvalue weighted by Gasteiger charge is -2.10. The van der Waals surface area contributed by atoms with Crippen molar-refractivity contribution < 1.29 is 5.11 Å². The molecule has 3 aromatic carbocycles. The van der Waals surface area contributed by atoms with Gasteiger partial charge in [0.05, 0.1) is 6.10 Å². The summed E-state index contributed by atoms with van der Waals surface area (Å²) in [5, 5.41) is 10.3. The van der Waals surface area contributed by atoms with Crippen molar-refractivity contribution in [3.8, 4) is 11.1 Å². The van der Waals surface area contributed by atoms with Gasteiger partial charge in [0.1, 0.15) is 0 Å². The highest BCUT2D eigenvalue weighted by Crippen LogP contribution is 2.21. The zero-order valence-electron chi connectivity index (χ0n) is 13.3. The molecule has 0 fully saturated rings. The Labute approximate surface area is 138 Å². The molecule has 3 aromatic rings. The van der Waals surface area contributed by atoms with Crippen LogP contribution in [0.25, 0.3) is 11.1 Å². The van der Waals surface area contributed by atoms with Crippen LogP contribution in [-0.2, 0) is 6.42 Å². The molecule has 0 radical (unpaired) electrons. The van der Waals surface area contributed by atoms with Gasteiger partial charge in [0, 0.05) is 5.56 Å². The van der Waals surface area contributed by atoms with Crippen LogP contribution in [0.4, 0.5) is 0 Å². The minimum absolute atomic E-state index is 0.486. The van der Waals surface area contributed by atoms with E-state index in [4.69, 9.17) is 0 Å². The lowest BCUT2D eigenvalue weighted by atomic mass is 9.99. The molecule has 0 spiro atoms. The van der Waals surface area contributed by atoms with E-state index in [1.165, 1.54) is 16.7 Å². The van der Waals surface area contributed by atoms with Crippen molar-refractivity contribution in [3.63, 3.8) is 0 Å². The van der Waals surface area contributed by atoms with Crippen LogP contribution in [0.1, 0.15) is 29.2 Å². The molecule has 23 heavy (non-hydrogen) atoms. The van der Waals surface area contributed by atoms with E-state index in [2.05, 4.69) is 60.7 Å². The van der Waals surface area contributed by atoms with Gasteiger partial charge in [0.25, 0.3) is 0 Å². The maximum atomic E-state index is 10.3. The second-order valence-electron chi connectivity index (χ2n) is 5.84. The zero-order valence-corrected chi connectivity index (χ0v) is 13.3. The second-order valence-corrected chi connectivity index (χ2v) is 5.84. The molecule has 0 amide bonds. The molecule has 1 heteroatoms. The van der Waals surface area contributed by atoms with Gasteiger partial charge in [0.2, 0.25) is 0 Å². The van der Waals surface area contributed by atoms with Gasteiger partial charge in [-0.1, -0.05) is 66.7 Å². The first-order chi connectivity index (χ1) is 11.2. The number of rotatable bonds is 5. The fourth-order valence-electron chi connectivity index (χ4n) is 2.62. The van der Waals surface area contributed by atoms with Crippen molar-refractivity contribution >= 4 is 0 Å². The standard InChI is InChI=1S/C22H20O/c1-17-7-12-21(13-8-17)22(23)16-11-18-9-14-20(15-10-18)19-5-3-2-4-6-19/h2-7,9-10,12,14-15,22-23H,11,16H2,1H3. The summed E-state index contributed by atoms with van der Waals surface area (Å²) in [7, 11) is 0. The van der Waals surface area contributed by atoms with Crippen LogP contribution in [0.5, 0.6) is 0 Å². The molecule has 114 valence electrons. The minimum atomic E-state index is -0.486. The van der Waals surface area contributed by atoms with E-state index in [1.807, 2.05) is 25.1 Å². The molecule has 0 aliphatic heterocycles. The third-order valence-corrected chi connectivity index (χ3v) is 4.04. The van der Waals surface area contributed by atoms with Gasteiger partial charge in [0.15, 0.2) is 0 Å². The zero-order chi connectivity index (χ0) is 16.1.